The zero-order valence-electron chi connectivity index (χ0n) is 13.0. The largest absolute Gasteiger partial charge is 0.341 e. The van der Waals surface area contributed by atoms with Gasteiger partial charge in [0, 0.05) is 0 Å². The number of nitrogens with two attached hydrogens (primary N) is 1. The van der Waals surface area contributed by atoms with E-state index in [0.717, 1.165) is 19.4 Å². The minimum absolute atomic E-state index is 0.186. The predicted octanol–water partition coefficient (Wildman–Crippen LogP) is -0.739. The van der Waals surface area contributed by atoms with E-state index in [4.69, 9.17) is 5.73 Å². The maximum Gasteiger partial charge on any atom is 0.252 e. The Morgan fingerprint density at radius 1 is 1.38 bits per heavy atom. The lowest BCUT2D eigenvalue weighted by atomic mass is 9.89. The van der Waals surface area contributed by atoms with Crippen molar-refractivity contribution in [3.8, 4) is 0 Å². The quantitative estimate of drug-likeness (QED) is 0.516. The van der Waals surface area contributed by atoms with E-state index in [-0.39, 0.29) is 24.4 Å². The van der Waals surface area contributed by atoms with Crippen molar-refractivity contribution in [2.45, 2.75) is 51.6 Å². The van der Waals surface area contributed by atoms with Gasteiger partial charge < -0.3 is 16.4 Å². The fourth-order valence-electron chi connectivity index (χ4n) is 2.60. The lowest BCUT2D eigenvalue weighted by Gasteiger charge is -2.32. The van der Waals surface area contributed by atoms with Crippen molar-refractivity contribution in [3.63, 3.8) is 0 Å². The van der Waals surface area contributed by atoms with Crippen LogP contribution in [0.15, 0.2) is 0 Å². The molecule has 1 aliphatic heterocycles. The number of hydrogen-bond acceptors (Lipinski definition) is 5. The van der Waals surface area contributed by atoms with E-state index in [1.807, 2.05) is 13.8 Å². The molecule has 1 rings (SSSR count). The van der Waals surface area contributed by atoms with Gasteiger partial charge in [0.1, 0.15) is 5.54 Å². The van der Waals surface area contributed by atoms with Crippen molar-refractivity contribution in [1.29, 1.82) is 0 Å². The number of hydrogen-bond donors (Lipinski definition) is 4. The third kappa shape index (κ3) is 5.09. The van der Waals surface area contributed by atoms with Crippen LogP contribution in [0.2, 0.25) is 0 Å². The van der Waals surface area contributed by atoms with Gasteiger partial charge in [-0.1, -0.05) is 13.8 Å². The molecule has 0 spiro atoms. The molecule has 1 saturated heterocycles. The van der Waals surface area contributed by atoms with Crippen LogP contribution in [0.4, 0.5) is 0 Å². The summed E-state index contributed by atoms with van der Waals surface area (Å²) in [7, 11) is 0. The van der Waals surface area contributed by atoms with E-state index in [9.17, 15) is 14.4 Å². The molecule has 2 atom stereocenters. The highest BCUT2D eigenvalue weighted by Gasteiger charge is 2.38. The number of nitrogens with one attached hydrogen (secondary N) is 3. The lowest BCUT2D eigenvalue weighted by molar-refractivity contribution is -0.138. The molecule has 0 saturated carbocycles. The predicted molar refractivity (Wildman–Crippen MR) is 79.2 cm³/mol. The van der Waals surface area contributed by atoms with Gasteiger partial charge in [0.25, 0.3) is 5.91 Å². The Morgan fingerprint density at radius 3 is 2.52 bits per heavy atom. The van der Waals surface area contributed by atoms with Gasteiger partial charge in [-0.3, -0.25) is 19.7 Å². The third-order valence-corrected chi connectivity index (χ3v) is 3.53. The van der Waals surface area contributed by atoms with Crippen LogP contribution in [0.25, 0.3) is 0 Å². The van der Waals surface area contributed by atoms with Gasteiger partial charge in [0.2, 0.25) is 11.8 Å². The van der Waals surface area contributed by atoms with Gasteiger partial charge in [0.05, 0.1) is 12.6 Å². The first-order valence-corrected chi connectivity index (χ1v) is 7.38. The van der Waals surface area contributed by atoms with Crippen LogP contribution in [0.5, 0.6) is 0 Å². The van der Waals surface area contributed by atoms with Crippen LogP contribution in [0.3, 0.4) is 0 Å². The maximum absolute atomic E-state index is 12.3. The second kappa shape index (κ2) is 7.51. The Labute approximate surface area is 125 Å². The molecule has 0 bridgehead atoms. The topological polar surface area (TPSA) is 113 Å². The Kier molecular flexibility index (Phi) is 6.29. The van der Waals surface area contributed by atoms with Crippen molar-refractivity contribution >= 4 is 17.7 Å². The number of imide groups is 1. The number of carbonyl (C=O) groups is 3. The summed E-state index contributed by atoms with van der Waals surface area (Å²) in [5, 5.41) is 8.12. The highest BCUT2D eigenvalue weighted by atomic mass is 16.2. The third-order valence-electron chi connectivity index (χ3n) is 3.53. The minimum atomic E-state index is -1.12. The summed E-state index contributed by atoms with van der Waals surface area (Å²) in [4.78, 5) is 35.9. The molecule has 7 heteroatoms. The molecule has 0 radical (unpaired) electrons. The summed E-state index contributed by atoms with van der Waals surface area (Å²) >= 11 is 0. The summed E-state index contributed by atoms with van der Waals surface area (Å²) in [5.41, 5.74) is 4.08. The maximum atomic E-state index is 12.3. The average Bonchev–Trinajstić information content (AvgIpc) is 2.91. The van der Waals surface area contributed by atoms with Crippen molar-refractivity contribution in [2.24, 2.45) is 11.7 Å². The summed E-state index contributed by atoms with van der Waals surface area (Å²) in [6, 6.07) is -0.269. The fourth-order valence-corrected chi connectivity index (χ4v) is 2.60. The van der Waals surface area contributed by atoms with E-state index < -0.39 is 17.4 Å². The molecule has 0 aliphatic carbocycles. The second-order valence-corrected chi connectivity index (χ2v) is 6.15. The summed E-state index contributed by atoms with van der Waals surface area (Å²) in [6.07, 6.45) is 2.14. The van der Waals surface area contributed by atoms with Crippen LogP contribution in [-0.4, -0.2) is 42.4 Å². The van der Waals surface area contributed by atoms with Crippen molar-refractivity contribution < 1.29 is 14.4 Å². The Morgan fingerprint density at radius 2 is 2.05 bits per heavy atom. The molecule has 1 aliphatic rings. The first kappa shape index (κ1) is 17.6. The van der Waals surface area contributed by atoms with Gasteiger partial charge in [-0.15, -0.1) is 0 Å². The summed E-state index contributed by atoms with van der Waals surface area (Å²) < 4.78 is 0. The second-order valence-electron chi connectivity index (χ2n) is 6.15. The van der Waals surface area contributed by atoms with Crippen LogP contribution < -0.4 is 21.7 Å². The Hall–Kier alpha value is -1.47. The van der Waals surface area contributed by atoms with Crippen molar-refractivity contribution in [2.75, 3.05) is 13.1 Å². The molecular weight excluding hydrogens is 272 g/mol. The van der Waals surface area contributed by atoms with Crippen LogP contribution in [0, 0.1) is 5.92 Å². The molecule has 0 aromatic rings. The summed E-state index contributed by atoms with van der Waals surface area (Å²) in [5.74, 6) is -1.09. The molecule has 1 fully saturated rings. The van der Waals surface area contributed by atoms with Crippen molar-refractivity contribution in [1.82, 2.24) is 16.0 Å². The molecule has 0 aromatic heterocycles. The monoisotopic (exact) mass is 298 g/mol. The highest BCUT2D eigenvalue weighted by Crippen LogP contribution is 2.18. The van der Waals surface area contributed by atoms with Crippen LogP contribution in [0.1, 0.15) is 40.0 Å². The minimum Gasteiger partial charge on any atom is -0.341 e. The number of carbonyl (C=O) groups excluding carboxylic acids is 3. The van der Waals surface area contributed by atoms with Gasteiger partial charge in [-0.05, 0) is 38.6 Å². The molecule has 120 valence electrons. The first-order valence-electron chi connectivity index (χ1n) is 7.38. The van der Waals surface area contributed by atoms with Crippen molar-refractivity contribution in [3.05, 3.63) is 0 Å². The molecule has 7 nitrogen and oxygen atoms in total. The number of amides is 3. The smallest absolute Gasteiger partial charge is 0.252 e. The van der Waals surface area contributed by atoms with Gasteiger partial charge >= 0.3 is 0 Å². The van der Waals surface area contributed by atoms with Crippen LogP contribution >= 0.6 is 0 Å². The van der Waals surface area contributed by atoms with Gasteiger partial charge in [-0.2, -0.15) is 0 Å². The van der Waals surface area contributed by atoms with E-state index in [0.29, 0.717) is 6.42 Å². The number of rotatable bonds is 6. The molecule has 3 amide bonds. The molecule has 1 heterocycles. The standard InChI is InChI=1S/C14H26N4O3/c1-9(2)7-14(3,13(21)17-11(19)8-15)18-12(20)10-5-4-6-16-10/h9-10,16H,4-8,15H2,1-3H3,(H,18,20)(H,17,19,21)/t10-,14+/m0/s1. The lowest BCUT2D eigenvalue weighted by Crippen LogP contribution is -2.61. The first-order chi connectivity index (χ1) is 9.78. The fraction of sp³-hybridized carbons (Fsp3) is 0.786. The Bertz CT molecular complexity index is 405. The normalized spacial score (nSPS) is 20.9. The molecule has 5 N–H and O–H groups in total. The van der Waals surface area contributed by atoms with Gasteiger partial charge in [0.15, 0.2) is 0 Å². The molecule has 21 heavy (non-hydrogen) atoms. The Balaban J connectivity index is 2.78. The zero-order valence-corrected chi connectivity index (χ0v) is 13.0. The highest BCUT2D eigenvalue weighted by molar-refractivity contribution is 6.02. The summed E-state index contributed by atoms with van der Waals surface area (Å²) in [6.45, 7) is 6.09. The van der Waals surface area contributed by atoms with E-state index in [1.54, 1.807) is 6.92 Å². The van der Waals surface area contributed by atoms with Gasteiger partial charge in [-0.25, -0.2) is 0 Å². The zero-order chi connectivity index (χ0) is 16.0. The molecule has 0 unspecified atom stereocenters. The average molecular weight is 298 g/mol. The van der Waals surface area contributed by atoms with Crippen LogP contribution in [-0.2, 0) is 14.4 Å². The van der Waals surface area contributed by atoms with E-state index in [1.165, 1.54) is 0 Å². The molecular formula is C14H26N4O3. The SMILES string of the molecule is CC(C)C[C@@](C)(NC(=O)[C@@H]1CCCN1)C(=O)NC(=O)CN. The molecule has 0 aromatic carbocycles. The van der Waals surface area contributed by atoms with E-state index >= 15 is 0 Å². The van der Waals surface area contributed by atoms with E-state index in [2.05, 4.69) is 16.0 Å².